The third kappa shape index (κ3) is 15.1. The number of nitrogens with two attached hydrogens (primary N) is 1. The molecular weight excluding hydrogens is 313 g/mol. The second-order valence-corrected chi connectivity index (χ2v) is 5.18. The molecule has 2 N–H and O–H groups in total. The second kappa shape index (κ2) is 16.1. The molecule has 0 fully saturated rings. The molecule has 122 valence electrons. The summed E-state index contributed by atoms with van der Waals surface area (Å²) in [6, 6.07) is -1.21. The maximum atomic E-state index is 11.4. The van der Waals surface area contributed by atoms with Gasteiger partial charge in [-0.3, -0.25) is 9.59 Å². The quantitative estimate of drug-likeness (QED) is 0.192. The summed E-state index contributed by atoms with van der Waals surface area (Å²) in [7, 11) is 0. The first-order valence-corrected chi connectivity index (χ1v) is 7.67. The summed E-state index contributed by atoms with van der Waals surface area (Å²) in [4.78, 5) is 33.0. The number of carbonyl (C=O) groups is 3. The summed E-state index contributed by atoms with van der Waals surface area (Å²) in [6.07, 6.45) is 7.50. The number of aliphatic carboxylic acids is 1. The Hall–Kier alpha value is 0.206. The Morgan fingerprint density at radius 1 is 0.955 bits per heavy atom. The van der Waals surface area contributed by atoms with Crippen molar-refractivity contribution in [2.24, 2.45) is 5.73 Å². The molecule has 0 amide bonds. The first-order valence-electron chi connectivity index (χ1n) is 7.67. The minimum absolute atomic E-state index is 0. The van der Waals surface area contributed by atoms with Crippen LogP contribution in [0.1, 0.15) is 71.1 Å². The van der Waals surface area contributed by atoms with Crippen LogP contribution < -0.4 is 62.2 Å². The van der Waals surface area contributed by atoms with Crippen LogP contribution in [0.4, 0.5) is 0 Å². The van der Waals surface area contributed by atoms with Gasteiger partial charge in [-0.2, -0.15) is 0 Å². The van der Waals surface area contributed by atoms with E-state index in [-0.39, 0.29) is 70.6 Å². The summed E-state index contributed by atoms with van der Waals surface area (Å²) in [5.74, 6) is -2.72. The third-order valence-corrected chi connectivity index (χ3v) is 3.17. The smallest absolute Gasteiger partial charge is 0.548 e. The largest absolute Gasteiger partial charge is 1.00 e. The maximum Gasteiger partial charge on any atom is 1.00 e. The first kappa shape index (κ1) is 24.5. The zero-order valence-corrected chi connectivity index (χ0v) is 16.9. The van der Waals surface area contributed by atoms with Gasteiger partial charge in [-0.15, -0.1) is 0 Å². The van der Waals surface area contributed by atoms with Gasteiger partial charge in [0.25, 0.3) is 0 Å². The Bertz CT molecular complexity index is 336. The van der Waals surface area contributed by atoms with Crippen LogP contribution in [0.3, 0.4) is 0 Å². The summed E-state index contributed by atoms with van der Waals surface area (Å²) >= 11 is 0. The van der Waals surface area contributed by atoms with E-state index in [1.54, 1.807) is 0 Å². The van der Waals surface area contributed by atoms with Gasteiger partial charge in [0.15, 0.2) is 0 Å². The molecule has 0 aliphatic carbocycles. The summed E-state index contributed by atoms with van der Waals surface area (Å²) in [6.45, 7) is 2.16. The van der Waals surface area contributed by atoms with Crippen molar-refractivity contribution in [3.05, 3.63) is 0 Å². The molecule has 0 radical (unpaired) electrons. The van der Waals surface area contributed by atoms with Gasteiger partial charge in [-0.25, -0.2) is 0 Å². The molecule has 22 heavy (non-hydrogen) atoms. The van der Waals surface area contributed by atoms with E-state index in [0.717, 1.165) is 12.8 Å². The third-order valence-electron chi connectivity index (χ3n) is 3.17. The molecular formula is C15H26KNO5. The molecule has 0 bridgehead atoms. The molecule has 0 saturated carbocycles. The standard InChI is InChI=1S/C15H27NO5.K/c1-2-3-4-5-6-7-8-9-13(17)21-14(18)11-10-12(16)15(19)20;/h12H,2-11,16H2,1H3,(H,19,20);/q;+1/p-1/t12-;/m0./s1. The fourth-order valence-corrected chi connectivity index (χ4v) is 1.85. The van der Waals surface area contributed by atoms with Gasteiger partial charge in [0, 0.05) is 18.9 Å². The molecule has 0 aromatic carbocycles. The van der Waals surface area contributed by atoms with E-state index >= 15 is 0 Å². The van der Waals surface area contributed by atoms with E-state index in [1.165, 1.54) is 25.7 Å². The van der Waals surface area contributed by atoms with Crippen LogP contribution in [-0.2, 0) is 19.1 Å². The zero-order valence-electron chi connectivity index (χ0n) is 13.8. The van der Waals surface area contributed by atoms with E-state index in [4.69, 9.17) is 5.73 Å². The zero-order chi connectivity index (χ0) is 16.1. The summed E-state index contributed by atoms with van der Waals surface area (Å²) in [5, 5.41) is 10.3. The van der Waals surface area contributed by atoms with Crippen LogP contribution in [0, 0.1) is 0 Å². The molecule has 7 heteroatoms. The van der Waals surface area contributed by atoms with E-state index in [2.05, 4.69) is 11.7 Å². The van der Waals surface area contributed by atoms with E-state index < -0.39 is 23.9 Å². The molecule has 0 saturated heterocycles. The monoisotopic (exact) mass is 339 g/mol. The van der Waals surface area contributed by atoms with Crippen molar-refractivity contribution in [2.75, 3.05) is 0 Å². The van der Waals surface area contributed by atoms with Gasteiger partial charge >= 0.3 is 63.3 Å². The van der Waals surface area contributed by atoms with Crippen molar-refractivity contribution in [3.8, 4) is 0 Å². The van der Waals surface area contributed by atoms with E-state index in [0.29, 0.717) is 6.42 Å². The Kier molecular flexibility index (Phi) is 17.9. The van der Waals surface area contributed by atoms with Crippen LogP contribution in [0.15, 0.2) is 0 Å². The predicted octanol–water partition coefficient (Wildman–Crippen LogP) is -1.94. The molecule has 1 atom stereocenters. The van der Waals surface area contributed by atoms with Crippen LogP contribution in [0.5, 0.6) is 0 Å². The Balaban J connectivity index is 0. The van der Waals surface area contributed by atoms with Crippen molar-refractivity contribution in [1.29, 1.82) is 0 Å². The Labute approximate surface area is 175 Å². The van der Waals surface area contributed by atoms with Gasteiger partial charge < -0.3 is 20.4 Å². The number of hydrogen-bond acceptors (Lipinski definition) is 6. The van der Waals surface area contributed by atoms with Crippen LogP contribution in [0.2, 0.25) is 0 Å². The topological polar surface area (TPSA) is 110 Å². The number of unbranched alkanes of at least 4 members (excludes halogenated alkanes) is 6. The van der Waals surface area contributed by atoms with Crippen molar-refractivity contribution in [1.82, 2.24) is 0 Å². The average Bonchev–Trinajstić information content (AvgIpc) is 2.43. The summed E-state index contributed by atoms with van der Waals surface area (Å²) < 4.78 is 4.58. The van der Waals surface area contributed by atoms with Crippen molar-refractivity contribution in [2.45, 2.75) is 77.2 Å². The molecule has 0 aliphatic rings. The van der Waals surface area contributed by atoms with Gasteiger partial charge in [-0.05, 0) is 12.8 Å². The molecule has 6 nitrogen and oxygen atoms in total. The Morgan fingerprint density at radius 2 is 1.45 bits per heavy atom. The molecule has 0 rings (SSSR count). The number of hydrogen-bond donors (Lipinski definition) is 1. The molecule has 0 heterocycles. The van der Waals surface area contributed by atoms with Gasteiger partial charge in [0.05, 0.1) is 5.97 Å². The number of esters is 2. The molecule has 0 aromatic rings. The van der Waals surface area contributed by atoms with Crippen molar-refractivity contribution in [3.63, 3.8) is 0 Å². The fraction of sp³-hybridized carbons (Fsp3) is 0.800. The number of carboxylic acids is 1. The second-order valence-electron chi connectivity index (χ2n) is 5.18. The molecule has 0 aromatic heterocycles. The normalized spacial score (nSPS) is 11.4. The number of carbonyl (C=O) groups excluding carboxylic acids is 3. The van der Waals surface area contributed by atoms with Crippen molar-refractivity contribution < 1.29 is 75.6 Å². The molecule has 0 unspecified atom stereocenters. The molecule has 0 spiro atoms. The summed E-state index contributed by atoms with van der Waals surface area (Å²) in [5.41, 5.74) is 5.19. The van der Waals surface area contributed by atoms with Crippen LogP contribution in [0.25, 0.3) is 0 Å². The van der Waals surface area contributed by atoms with Crippen molar-refractivity contribution >= 4 is 17.9 Å². The number of ether oxygens (including phenoxy) is 1. The number of rotatable bonds is 12. The van der Waals surface area contributed by atoms with Crippen LogP contribution >= 0.6 is 0 Å². The van der Waals surface area contributed by atoms with E-state index in [9.17, 15) is 19.5 Å². The van der Waals surface area contributed by atoms with Gasteiger partial charge in [0.1, 0.15) is 0 Å². The first-order chi connectivity index (χ1) is 9.97. The number of carboxylic acid groups (broad SMARTS) is 1. The molecule has 0 aliphatic heterocycles. The van der Waals surface area contributed by atoms with E-state index in [1.807, 2.05) is 0 Å². The fourth-order valence-electron chi connectivity index (χ4n) is 1.85. The van der Waals surface area contributed by atoms with Gasteiger partial charge in [0.2, 0.25) is 0 Å². The minimum Gasteiger partial charge on any atom is -0.548 e. The maximum absolute atomic E-state index is 11.4. The SMILES string of the molecule is CCCCCCCCCC(=O)OC(=O)CC[C@H](N)C(=O)[O-].[K+]. The average molecular weight is 339 g/mol. The minimum atomic E-state index is -1.42. The Morgan fingerprint density at radius 3 is 2.00 bits per heavy atom. The predicted molar refractivity (Wildman–Crippen MR) is 75.9 cm³/mol. The van der Waals surface area contributed by atoms with Crippen LogP contribution in [-0.4, -0.2) is 23.9 Å². The van der Waals surface area contributed by atoms with Gasteiger partial charge in [-0.1, -0.05) is 45.4 Å².